The SMILES string of the molecule is CC.Cc1[c-]cc(CC#N)cc1.[Y]. The Bertz CT molecular complexity index is 246. The van der Waals surface area contributed by atoms with E-state index in [2.05, 4.69) is 12.1 Å². The maximum absolute atomic E-state index is 8.33. The van der Waals surface area contributed by atoms with Crippen LogP contribution in [0, 0.1) is 24.3 Å². The normalized spacial score (nSPS) is 7.23. The van der Waals surface area contributed by atoms with Gasteiger partial charge in [0, 0.05) is 39.1 Å². The van der Waals surface area contributed by atoms with Crippen molar-refractivity contribution in [1.82, 2.24) is 0 Å². The number of nitriles is 1. The Morgan fingerprint density at radius 3 is 2.38 bits per heavy atom. The third-order valence-electron chi connectivity index (χ3n) is 1.32. The topological polar surface area (TPSA) is 23.8 Å². The van der Waals surface area contributed by atoms with Crippen LogP contribution in [0.4, 0.5) is 0 Å². The van der Waals surface area contributed by atoms with Gasteiger partial charge in [0.05, 0.1) is 6.07 Å². The summed E-state index contributed by atoms with van der Waals surface area (Å²) < 4.78 is 0. The average Bonchev–Trinajstić information content (AvgIpc) is 2.13. The average molecular weight is 249 g/mol. The first-order valence-corrected chi connectivity index (χ1v) is 4.17. The number of nitrogens with zero attached hydrogens (tertiary/aromatic N) is 1. The molecule has 1 rings (SSSR count). The van der Waals surface area contributed by atoms with Crippen molar-refractivity contribution in [3.05, 3.63) is 35.4 Å². The Morgan fingerprint density at radius 1 is 1.38 bits per heavy atom. The van der Waals surface area contributed by atoms with Crippen molar-refractivity contribution >= 4 is 0 Å². The van der Waals surface area contributed by atoms with Crippen LogP contribution in [0.15, 0.2) is 18.2 Å². The molecule has 13 heavy (non-hydrogen) atoms. The van der Waals surface area contributed by atoms with Gasteiger partial charge < -0.3 is 0 Å². The first-order chi connectivity index (χ1) is 5.83. The summed E-state index contributed by atoms with van der Waals surface area (Å²) in [6.07, 6.45) is 0.483. The molecule has 0 saturated heterocycles. The van der Waals surface area contributed by atoms with Crippen molar-refractivity contribution in [1.29, 1.82) is 5.26 Å². The van der Waals surface area contributed by atoms with Crippen LogP contribution in [0.5, 0.6) is 0 Å². The maximum atomic E-state index is 8.33. The Kier molecular flexibility index (Phi) is 11.6. The van der Waals surface area contributed by atoms with Crippen LogP contribution < -0.4 is 0 Å². The largest absolute Gasteiger partial charge is 0.199 e. The molecule has 0 atom stereocenters. The molecule has 0 fully saturated rings. The Morgan fingerprint density at radius 2 is 2.00 bits per heavy atom. The molecule has 0 unspecified atom stereocenters. The van der Waals surface area contributed by atoms with E-state index in [0.29, 0.717) is 6.42 Å². The molecule has 0 aliphatic carbocycles. The second kappa shape index (κ2) is 9.90. The van der Waals surface area contributed by atoms with E-state index in [9.17, 15) is 0 Å². The zero-order valence-electron chi connectivity index (χ0n) is 8.46. The van der Waals surface area contributed by atoms with E-state index in [1.54, 1.807) is 0 Å². The quantitative estimate of drug-likeness (QED) is 0.702. The molecular weight excluding hydrogens is 235 g/mol. The summed E-state index contributed by atoms with van der Waals surface area (Å²) in [6, 6.07) is 10.9. The minimum atomic E-state index is 0. The number of hydrogen-bond acceptors (Lipinski definition) is 1. The van der Waals surface area contributed by atoms with Gasteiger partial charge in [-0.05, 0) is 0 Å². The molecule has 0 aromatic heterocycles. The van der Waals surface area contributed by atoms with Crippen LogP contribution in [-0.2, 0) is 39.1 Å². The molecule has 0 aliphatic rings. The summed E-state index contributed by atoms with van der Waals surface area (Å²) in [5, 5.41) is 8.33. The van der Waals surface area contributed by atoms with Gasteiger partial charge in [-0.25, -0.2) is 0 Å². The van der Waals surface area contributed by atoms with E-state index in [1.165, 1.54) is 0 Å². The molecule has 0 amide bonds. The molecule has 0 heterocycles. The first kappa shape index (κ1) is 15.3. The molecule has 0 N–H and O–H groups in total. The van der Waals surface area contributed by atoms with Crippen molar-refractivity contribution in [3.8, 4) is 6.07 Å². The van der Waals surface area contributed by atoms with Gasteiger partial charge in [-0.3, -0.25) is 0 Å². The number of rotatable bonds is 1. The van der Waals surface area contributed by atoms with E-state index in [1.807, 2.05) is 39.0 Å². The molecule has 1 aromatic carbocycles. The van der Waals surface area contributed by atoms with Gasteiger partial charge in [-0.1, -0.05) is 20.8 Å². The molecule has 0 spiro atoms. The van der Waals surface area contributed by atoms with Crippen molar-refractivity contribution < 1.29 is 32.7 Å². The summed E-state index contributed by atoms with van der Waals surface area (Å²) in [4.78, 5) is 0. The van der Waals surface area contributed by atoms with Gasteiger partial charge in [-0.2, -0.15) is 35.1 Å². The van der Waals surface area contributed by atoms with Crippen molar-refractivity contribution in [2.75, 3.05) is 0 Å². The summed E-state index contributed by atoms with van der Waals surface area (Å²) >= 11 is 0. The number of aryl methyl sites for hydroxylation is 1. The van der Waals surface area contributed by atoms with Gasteiger partial charge in [-0.15, -0.1) is 5.56 Å². The fourth-order valence-corrected chi connectivity index (χ4v) is 0.736. The summed E-state index contributed by atoms with van der Waals surface area (Å²) in [6.45, 7) is 5.98. The second-order valence-electron chi connectivity index (χ2n) is 2.21. The third-order valence-corrected chi connectivity index (χ3v) is 1.32. The maximum Gasteiger partial charge on any atom is 0.0542 e. The minimum absolute atomic E-state index is 0. The van der Waals surface area contributed by atoms with E-state index in [0.717, 1.165) is 11.1 Å². The zero-order valence-corrected chi connectivity index (χ0v) is 11.3. The smallest absolute Gasteiger partial charge is 0.0542 e. The Labute approximate surface area is 106 Å². The van der Waals surface area contributed by atoms with Crippen LogP contribution in [0.1, 0.15) is 25.0 Å². The predicted molar refractivity (Wildman–Crippen MR) is 50.7 cm³/mol. The van der Waals surface area contributed by atoms with Gasteiger partial charge in [0.1, 0.15) is 0 Å². The molecule has 0 bridgehead atoms. The van der Waals surface area contributed by atoms with Gasteiger partial charge in [0.15, 0.2) is 0 Å². The fraction of sp³-hybridized carbons (Fsp3) is 0.364. The standard InChI is InChI=1S/C9H8N.C2H6.Y/c1-8-2-4-9(5-3-8)6-7-10;1-2;/h2,4-5H,6H2,1H3;1-2H3;/q-1;;. The van der Waals surface area contributed by atoms with Gasteiger partial charge in [0.2, 0.25) is 0 Å². The zero-order chi connectivity index (χ0) is 9.40. The molecule has 67 valence electrons. The van der Waals surface area contributed by atoms with Crippen molar-refractivity contribution in [3.63, 3.8) is 0 Å². The molecular formula is C11H14NY-. The molecule has 0 saturated carbocycles. The summed E-state index contributed by atoms with van der Waals surface area (Å²) in [5.41, 5.74) is 2.15. The van der Waals surface area contributed by atoms with E-state index in [4.69, 9.17) is 5.26 Å². The summed E-state index contributed by atoms with van der Waals surface area (Å²) in [7, 11) is 0. The molecule has 1 aromatic rings. The Balaban J connectivity index is 0. The Hall–Kier alpha value is -0.186. The van der Waals surface area contributed by atoms with Crippen molar-refractivity contribution in [2.45, 2.75) is 27.2 Å². The molecule has 0 aliphatic heterocycles. The van der Waals surface area contributed by atoms with E-state index in [-0.39, 0.29) is 32.7 Å². The van der Waals surface area contributed by atoms with Crippen LogP contribution in [-0.4, -0.2) is 0 Å². The van der Waals surface area contributed by atoms with Crippen LogP contribution >= 0.6 is 0 Å². The van der Waals surface area contributed by atoms with Crippen LogP contribution in [0.3, 0.4) is 0 Å². The third kappa shape index (κ3) is 6.93. The van der Waals surface area contributed by atoms with Crippen LogP contribution in [0.25, 0.3) is 0 Å². The van der Waals surface area contributed by atoms with Gasteiger partial charge >= 0.3 is 0 Å². The monoisotopic (exact) mass is 249 g/mol. The molecule has 1 nitrogen and oxygen atoms in total. The fourth-order valence-electron chi connectivity index (χ4n) is 0.736. The van der Waals surface area contributed by atoms with Crippen molar-refractivity contribution in [2.24, 2.45) is 0 Å². The second-order valence-corrected chi connectivity index (χ2v) is 2.21. The predicted octanol–water partition coefficient (Wildman–Crippen LogP) is 2.88. The first-order valence-electron chi connectivity index (χ1n) is 4.17. The number of benzene rings is 1. The van der Waals surface area contributed by atoms with E-state index < -0.39 is 0 Å². The van der Waals surface area contributed by atoms with E-state index >= 15 is 0 Å². The number of hydrogen-bond donors (Lipinski definition) is 0. The van der Waals surface area contributed by atoms with Gasteiger partial charge in [0.25, 0.3) is 0 Å². The molecule has 2 heteroatoms. The summed E-state index contributed by atoms with van der Waals surface area (Å²) in [5.74, 6) is 0. The molecule has 1 radical (unpaired) electrons. The van der Waals surface area contributed by atoms with Crippen LogP contribution in [0.2, 0.25) is 0 Å². The minimum Gasteiger partial charge on any atom is -0.199 e.